The van der Waals surface area contributed by atoms with Gasteiger partial charge in [-0.25, -0.2) is 4.79 Å². The van der Waals surface area contributed by atoms with Crippen molar-refractivity contribution in [3.63, 3.8) is 0 Å². The topological polar surface area (TPSA) is 50.4 Å². The van der Waals surface area contributed by atoms with Crippen molar-refractivity contribution in [1.29, 1.82) is 0 Å². The second-order valence-corrected chi connectivity index (χ2v) is 6.53. The van der Waals surface area contributed by atoms with E-state index in [9.17, 15) is 18.0 Å². The van der Waals surface area contributed by atoms with Gasteiger partial charge in [-0.2, -0.15) is 13.2 Å². The molecule has 1 unspecified atom stereocenters. The SMILES string of the molecule is CC(NC(=O)NCCc1ccc2c(c1)CCO2)c1ccc(C(F)(F)F)cc1. The first-order valence-electron chi connectivity index (χ1n) is 8.79. The monoisotopic (exact) mass is 378 g/mol. The Morgan fingerprint density at radius 3 is 2.63 bits per heavy atom. The lowest BCUT2D eigenvalue weighted by atomic mass is 10.1. The Bertz CT molecular complexity index is 804. The van der Waals surface area contributed by atoms with Gasteiger partial charge in [-0.1, -0.05) is 24.3 Å². The van der Waals surface area contributed by atoms with Gasteiger partial charge in [0, 0.05) is 13.0 Å². The van der Waals surface area contributed by atoms with Crippen molar-refractivity contribution in [2.24, 2.45) is 0 Å². The molecule has 1 aliphatic heterocycles. The summed E-state index contributed by atoms with van der Waals surface area (Å²) in [5.41, 5.74) is 2.21. The molecule has 7 heteroatoms. The molecule has 27 heavy (non-hydrogen) atoms. The molecule has 0 fully saturated rings. The molecule has 0 saturated carbocycles. The molecule has 2 aromatic rings. The maximum Gasteiger partial charge on any atom is 0.416 e. The van der Waals surface area contributed by atoms with Gasteiger partial charge < -0.3 is 15.4 Å². The lowest BCUT2D eigenvalue weighted by Crippen LogP contribution is -2.38. The molecule has 4 nitrogen and oxygen atoms in total. The summed E-state index contributed by atoms with van der Waals surface area (Å²) in [5.74, 6) is 0.926. The third-order valence-electron chi connectivity index (χ3n) is 4.54. The zero-order chi connectivity index (χ0) is 19.4. The summed E-state index contributed by atoms with van der Waals surface area (Å²) in [6.07, 6.45) is -2.77. The number of amides is 2. The predicted molar refractivity (Wildman–Crippen MR) is 95.7 cm³/mol. The molecule has 1 aliphatic rings. The Hall–Kier alpha value is -2.70. The number of benzene rings is 2. The smallest absolute Gasteiger partial charge is 0.416 e. The number of ether oxygens (including phenoxy) is 1. The average Bonchev–Trinajstić information content (AvgIpc) is 3.09. The van der Waals surface area contributed by atoms with E-state index in [0.29, 0.717) is 25.1 Å². The highest BCUT2D eigenvalue weighted by molar-refractivity contribution is 5.74. The van der Waals surface area contributed by atoms with Crippen LogP contribution in [0.2, 0.25) is 0 Å². The van der Waals surface area contributed by atoms with E-state index in [1.807, 2.05) is 12.1 Å². The summed E-state index contributed by atoms with van der Waals surface area (Å²) in [6.45, 7) is 2.90. The lowest BCUT2D eigenvalue weighted by molar-refractivity contribution is -0.137. The predicted octanol–water partition coefficient (Wildman–Crippen LogP) is 4.24. The van der Waals surface area contributed by atoms with Gasteiger partial charge in [0.25, 0.3) is 0 Å². The van der Waals surface area contributed by atoms with E-state index >= 15 is 0 Å². The van der Waals surface area contributed by atoms with E-state index in [1.54, 1.807) is 6.92 Å². The number of carbonyl (C=O) groups excluding carboxylic acids is 1. The van der Waals surface area contributed by atoms with Gasteiger partial charge in [0.2, 0.25) is 0 Å². The molecule has 0 bridgehead atoms. The van der Waals surface area contributed by atoms with E-state index in [0.717, 1.165) is 29.9 Å². The molecule has 144 valence electrons. The molecule has 0 aliphatic carbocycles. The van der Waals surface area contributed by atoms with Gasteiger partial charge in [-0.3, -0.25) is 0 Å². The zero-order valence-electron chi connectivity index (χ0n) is 14.9. The van der Waals surface area contributed by atoms with Crippen LogP contribution in [0.4, 0.5) is 18.0 Å². The first-order valence-corrected chi connectivity index (χ1v) is 8.79. The van der Waals surface area contributed by atoms with E-state index in [2.05, 4.69) is 16.7 Å². The summed E-state index contributed by atoms with van der Waals surface area (Å²) in [6, 6.07) is 10.1. The van der Waals surface area contributed by atoms with Crippen LogP contribution >= 0.6 is 0 Å². The van der Waals surface area contributed by atoms with Crippen molar-refractivity contribution in [1.82, 2.24) is 10.6 Å². The summed E-state index contributed by atoms with van der Waals surface area (Å²) in [5, 5.41) is 5.50. The highest BCUT2D eigenvalue weighted by atomic mass is 19.4. The molecule has 2 aromatic carbocycles. The Labute approximate surface area is 155 Å². The lowest BCUT2D eigenvalue weighted by Gasteiger charge is -2.16. The molecule has 0 spiro atoms. The van der Waals surface area contributed by atoms with Crippen LogP contribution in [0.5, 0.6) is 5.75 Å². The fourth-order valence-electron chi connectivity index (χ4n) is 3.01. The van der Waals surface area contributed by atoms with Crippen LogP contribution in [0.1, 0.15) is 35.2 Å². The number of nitrogens with one attached hydrogen (secondary N) is 2. The van der Waals surface area contributed by atoms with Gasteiger partial charge in [-0.05, 0) is 48.2 Å². The van der Waals surface area contributed by atoms with E-state index in [-0.39, 0.29) is 6.03 Å². The van der Waals surface area contributed by atoms with Crippen LogP contribution in [0, 0.1) is 0 Å². The number of hydrogen-bond acceptors (Lipinski definition) is 2. The van der Waals surface area contributed by atoms with Crippen LogP contribution in [0.3, 0.4) is 0 Å². The molecule has 1 atom stereocenters. The summed E-state index contributed by atoms with van der Waals surface area (Å²) in [7, 11) is 0. The van der Waals surface area contributed by atoms with Crippen molar-refractivity contribution >= 4 is 6.03 Å². The normalized spacial score (nSPS) is 14.2. The van der Waals surface area contributed by atoms with Gasteiger partial charge in [-0.15, -0.1) is 0 Å². The average molecular weight is 378 g/mol. The van der Waals surface area contributed by atoms with Crippen LogP contribution in [0.25, 0.3) is 0 Å². The maximum atomic E-state index is 12.6. The van der Waals surface area contributed by atoms with Crippen LogP contribution in [-0.4, -0.2) is 19.2 Å². The minimum absolute atomic E-state index is 0.355. The molecule has 0 radical (unpaired) electrons. The molecule has 3 rings (SSSR count). The molecule has 0 aromatic heterocycles. The van der Waals surface area contributed by atoms with Crippen molar-refractivity contribution < 1.29 is 22.7 Å². The van der Waals surface area contributed by atoms with Gasteiger partial charge in [0.05, 0.1) is 18.2 Å². The van der Waals surface area contributed by atoms with E-state index < -0.39 is 17.8 Å². The fourth-order valence-corrected chi connectivity index (χ4v) is 3.01. The molecular formula is C20H21F3N2O2. The van der Waals surface area contributed by atoms with Gasteiger partial charge in [0.1, 0.15) is 5.75 Å². The minimum Gasteiger partial charge on any atom is -0.493 e. The number of halogens is 3. The first-order chi connectivity index (χ1) is 12.8. The van der Waals surface area contributed by atoms with E-state index in [1.165, 1.54) is 17.7 Å². The highest BCUT2D eigenvalue weighted by Gasteiger charge is 2.30. The van der Waals surface area contributed by atoms with Crippen molar-refractivity contribution in [2.45, 2.75) is 32.0 Å². The number of rotatable bonds is 5. The summed E-state index contributed by atoms with van der Waals surface area (Å²) < 4.78 is 43.3. The second-order valence-electron chi connectivity index (χ2n) is 6.53. The molecule has 1 heterocycles. The number of hydrogen-bond donors (Lipinski definition) is 2. The second kappa shape index (κ2) is 7.90. The van der Waals surface area contributed by atoms with Crippen molar-refractivity contribution in [3.8, 4) is 5.75 Å². The van der Waals surface area contributed by atoms with Crippen molar-refractivity contribution in [2.75, 3.05) is 13.2 Å². The molecular weight excluding hydrogens is 357 g/mol. The number of urea groups is 1. The molecule has 0 saturated heterocycles. The first kappa shape index (κ1) is 19.1. The van der Waals surface area contributed by atoms with E-state index in [4.69, 9.17) is 4.74 Å². The van der Waals surface area contributed by atoms with Crippen molar-refractivity contribution in [3.05, 3.63) is 64.7 Å². The Morgan fingerprint density at radius 2 is 1.93 bits per heavy atom. The number of alkyl halides is 3. The third kappa shape index (κ3) is 4.93. The Kier molecular flexibility index (Phi) is 5.58. The van der Waals surface area contributed by atoms with Gasteiger partial charge in [0.15, 0.2) is 0 Å². The number of fused-ring (bicyclic) bond motifs is 1. The summed E-state index contributed by atoms with van der Waals surface area (Å²) in [4.78, 5) is 12.0. The highest BCUT2D eigenvalue weighted by Crippen LogP contribution is 2.30. The molecule has 2 amide bonds. The Balaban J connectivity index is 1.46. The molecule has 2 N–H and O–H groups in total. The van der Waals surface area contributed by atoms with Gasteiger partial charge >= 0.3 is 12.2 Å². The maximum absolute atomic E-state index is 12.6. The number of carbonyl (C=O) groups is 1. The van der Waals surface area contributed by atoms with Crippen LogP contribution in [0.15, 0.2) is 42.5 Å². The minimum atomic E-state index is -4.36. The zero-order valence-corrected chi connectivity index (χ0v) is 14.9. The largest absolute Gasteiger partial charge is 0.493 e. The third-order valence-corrected chi connectivity index (χ3v) is 4.54. The van der Waals surface area contributed by atoms with Crippen LogP contribution in [-0.2, 0) is 19.0 Å². The van der Waals surface area contributed by atoms with Crippen LogP contribution < -0.4 is 15.4 Å². The quantitative estimate of drug-likeness (QED) is 0.818. The standard InChI is InChI=1S/C20H21F3N2O2/c1-13(15-3-5-17(6-4-15)20(21,22)23)25-19(26)24-10-8-14-2-7-18-16(12-14)9-11-27-18/h2-7,12-13H,8-11H2,1H3,(H2,24,25,26). The summed E-state index contributed by atoms with van der Waals surface area (Å²) >= 11 is 0. The fraction of sp³-hybridized carbons (Fsp3) is 0.350. The Morgan fingerprint density at radius 1 is 1.19 bits per heavy atom.